The number of aliphatic hydroxyl groups is 1. The fraction of sp³-hybridized carbons (Fsp3) is 0.462. The van der Waals surface area contributed by atoms with E-state index in [-0.39, 0.29) is 23.7 Å². The Hall–Kier alpha value is -2.49. The van der Waals surface area contributed by atoms with E-state index in [9.17, 15) is 28.8 Å². The van der Waals surface area contributed by atoms with Crippen LogP contribution in [0.2, 0.25) is 0 Å². The molecule has 0 aliphatic carbocycles. The number of halogens is 2. The quantitative estimate of drug-likeness (QED) is 0.650. The van der Waals surface area contributed by atoms with Gasteiger partial charge in [-0.25, -0.2) is 4.79 Å². The normalized spacial score (nSPS) is 17.9. The zero-order valence-electron chi connectivity index (χ0n) is 11.9. The Morgan fingerprint density at radius 3 is 2.87 bits per heavy atom. The first-order valence-corrected chi connectivity index (χ1v) is 6.84. The van der Waals surface area contributed by atoms with Gasteiger partial charge in [-0.2, -0.15) is 8.78 Å². The van der Waals surface area contributed by atoms with Gasteiger partial charge in [0.2, 0.25) is 0 Å². The van der Waals surface area contributed by atoms with Crippen molar-refractivity contribution in [1.82, 2.24) is 4.90 Å². The van der Waals surface area contributed by atoms with Gasteiger partial charge in [0.15, 0.2) is 0 Å². The highest BCUT2D eigenvalue weighted by Crippen LogP contribution is 2.30. The molecule has 0 spiro atoms. The van der Waals surface area contributed by atoms with Crippen LogP contribution in [0.3, 0.4) is 0 Å². The number of nitro benzene ring substituents is 1. The number of nitro groups is 1. The van der Waals surface area contributed by atoms with Crippen molar-refractivity contribution in [3.63, 3.8) is 0 Å². The van der Waals surface area contributed by atoms with Crippen LogP contribution in [0, 0.1) is 10.1 Å². The molecule has 2 N–H and O–H groups in total. The highest BCUT2D eigenvalue weighted by Gasteiger charge is 2.24. The molecule has 1 aromatic rings. The predicted octanol–water partition coefficient (Wildman–Crippen LogP) is 2.18. The number of aliphatic hydroxyl groups excluding tert-OH is 1. The summed E-state index contributed by atoms with van der Waals surface area (Å²) >= 11 is 0. The molecular formula is C13H15F2N3O5. The molecule has 1 heterocycles. The first-order chi connectivity index (χ1) is 10.9. The van der Waals surface area contributed by atoms with E-state index in [2.05, 4.69) is 10.1 Å². The number of likely N-dealkylation sites (tertiary alicyclic amines) is 1. The van der Waals surface area contributed by atoms with Crippen molar-refractivity contribution < 1.29 is 28.3 Å². The SMILES string of the molecule is O=C(Nc1cc([N+](=O)[O-])ccc1OC(F)F)N1CCC[C@@H](O)C1. The van der Waals surface area contributed by atoms with E-state index in [0.717, 1.165) is 18.2 Å². The minimum Gasteiger partial charge on any atom is -0.433 e. The number of nitrogens with one attached hydrogen (secondary N) is 1. The molecule has 1 aromatic carbocycles. The zero-order valence-corrected chi connectivity index (χ0v) is 11.9. The van der Waals surface area contributed by atoms with Crippen molar-refractivity contribution in [3.05, 3.63) is 28.3 Å². The minimum absolute atomic E-state index is 0.103. The number of ether oxygens (including phenoxy) is 1. The van der Waals surface area contributed by atoms with Crippen LogP contribution >= 0.6 is 0 Å². The molecule has 0 unspecified atom stereocenters. The molecular weight excluding hydrogens is 316 g/mol. The maximum absolute atomic E-state index is 12.4. The Balaban J connectivity index is 2.19. The number of benzene rings is 1. The van der Waals surface area contributed by atoms with E-state index >= 15 is 0 Å². The van der Waals surface area contributed by atoms with Gasteiger partial charge in [0.05, 0.1) is 16.7 Å². The molecule has 1 atom stereocenters. The average molecular weight is 331 g/mol. The molecule has 23 heavy (non-hydrogen) atoms. The number of non-ortho nitro benzene ring substituents is 1. The summed E-state index contributed by atoms with van der Waals surface area (Å²) in [4.78, 5) is 23.5. The predicted molar refractivity (Wildman–Crippen MR) is 75.6 cm³/mol. The van der Waals surface area contributed by atoms with E-state index in [4.69, 9.17) is 0 Å². The van der Waals surface area contributed by atoms with Crippen molar-refractivity contribution in [2.75, 3.05) is 18.4 Å². The second kappa shape index (κ2) is 7.18. The molecule has 2 rings (SSSR count). The van der Waals surface area contributed by atoms with Gasteiger partial charge in [0, 0.05) is 25.2 Å². The first kappa shape index (κ1) is 16.9. The molecule has 1 saturated heterocycles. The molecule has 2 amide bonds. The number of rotatable bonds is 4. The summed E-state index contributed by atoms with van der Waals surface area (Å²) in [6, 6.07) is 2.28. The van der Waals surface area contributed by atoms with E-state index in [1.165, 1.54) is 4.90 Å². The Bertz CT molecular complexity index is 599. The molecule has 0 bridgehead atoms. The number of carbonyl (C=O) groups excluding carboxylic acids is 1. The Labute approximate surface area is 129 Å². The van der Waals surface area contributed by atoms with Gasteiger partial charge < -0.3 is 20.1 Å². The van der Waals surface area contributed by atoms with E-state index in [0.29, 0.717) is 19.4 Å². The summed E-state index contributed by atoms with van der Waals surface area (Å²) in [6.07, 6.45) is 0.515. The molecule has 1 aliphatic heterocycles. The summed E-state index contributed by atoms with van der Waals surface area (Å²) in [5.41, 5.74) is -0.606. The monoisotopic (exact) mass is 331 g/mol. The molecule has 8 nitrogen and oxygen atoms in total. The highest BCUT2D eigenvalue weighted by atomic mass is 19.3. The lowest BCUT2D eigenvalue weighted by Crippen LogP contribution is -2.44. The lowest BCUT2D eigenvalue weighted by molar-refractivity contribution is -0.384. The number of piperidine rings is 1. The second-order valence-electron chi connectivity index (χ2n) is 4.99. The average Bonchev–Trinajstić information content (AvgIpc) is 2.48. The van der Waals surface area contributed by atoms with Gasteiger partial charge >= 0.3 is 12.6 Å². The third-order valence-electron chi connectivity index (χ3n) is 3.32. The highest BCUT2D eigenvalue weighted by molar-refractivity contribution is 5.91. The number of alkyl halides is 2. The van der Waals surface area contributed by atoms with E-state index in [1.807, 2.05) is 0 Å². The van der Waals surface area contributed by atoms with Crippen LogP contribution in [-0.2, 0) is 0 Å². The lowest BCUT2D eigenvalue weighted by Gasteiger charge is -2.30. The number of carbonyl (C=O) groups is 1. The summed E-state index contributed by atoms with van der Waals surface area (Å²) in [5, 5.41) is 22.6. The summed E-state index contributed by atoms with van der Waals surface area (Å²) < 4.78 is 29.0. The van der Waals surface area contributed by atoms with Crippen LogP contribution in [-0.4, -0.2) is 46.8 Å². The molecule has 1 fully saturated rings. The number of hydrogen-bond acceptors (Lipinski definition) is 5. The number of urea groups is 1. The van der Waals surface area contributed by atoms with Gasteiger partial charge in [0.25, 0.3) is 5.69 Å². The molecule has 0 aromatic heterocycles. The number of amides is 2. The Kier molecular flexibility index (Phi) is 5.27. The van der Waals surface area contributed by atoms with Crippen LogP contribution < -0.4 is 10.1 Å². The van der Waals surface area contributed by atoms with Gasteiger partial charge in [-0.05, 0) is 18.9 Å². The van der Waals surface area contributed by atoms with Gasteiger partial charge in [-0.3, -0.25) is 10.1 Å². The fourth-order valence-electron chi connectivity index (χ4n) is 2.26. The molecule has 126 valence electrons. The summed E-state index contributed by atoms with van der Waals surface area (Å²) in [6.45, 7) is -2.64. The van der Waals surface area contributed by atoms with Crippen LogP contribution in [0.5, 0.6) is 5.75 Å². The van der Waals surface area contributed by atoms with Crippen molar-refractivity contribution >= 4 is 17.4 Å². The first-order valence-electron chi connectivity index (χ1n) is 6.84. The molecule has 0 saturated carbocycles. The van der Waals surface area contributed by atoms with Crippen LogP contribution in [0.4, 0.5) is 25.0 Å². The van der Waals surface area contributed by atoms with E-state index < -0.39 is 23.7 Å². The summed E-state index contributed by atoms with van der Waals surface area (Å²) in [5.74, 6) is -0.378. The zero-order chi connectivity index (χ0) is 17.0. The number of nitrogens with zero attached hydrogens (tertiary/aromatic N) is 2. The Morgan fingerprint density at radius 2 is 2.26 bits per heavy atom. The third kappa shape index (κ3) is 4.49. The minimum atomic E-state index is -3.14. The van der Waals surface area contributed by atoms with Crippen molar-refractivity contribution in [1.29, 1.82) is 0 Å². The van der Waals surface area contributed by atoms with Crippen LogP contribution in [0.25, 0.3) is 0 Å². The maximum atomic E-state index is 12.4. The van der Waals surface area contributed by atoms with Crippen LogP contribution in [0.15, 0.2) is 18.2 Å². The number of anilines is 1. The summed E-state index contributed by atoms with van der Waals surface area (Å²) in [7, 11) is 0. The van der Waals surface area contributed by atoms with Crippen LogP contribution in [0.1, 0.15) is 12.8 Å². The van der Waals surface area contributed by atoms with Gasteiger partial charge in [0.1, 0.15) is 5.75 Å². The topological polar surface area (TPSA) is 105 Å². The second-order valence-corrected chi connectivity index (χ2v) is 4.99. The maximum Gasteiger partial charge on any atom is 0.387 e. The Morgan fingerprint density at radius 1 is 1.52 bits per heavy atom. The van der Waals surface area contributed by atoms with Gasteiger partial charge in [-0.1, -0.05) is 0 Å². The van der Waals surface area contributed by atoms with Crippen molar-refractivity contribution in [2.24, 2.45) is 0 Å². The number of hydrogen-bond donors (Lipinski definition) is 2. The standard InChI is InChI=1S/C13H15F2N3O5/c14-12(15)23-11-4-3-8(18(21)22)6-10(11)16-13(20)17-5-1-2-9(19)7-17/h3-4,6,9,12,19H,1-2,5,7H2,(H,16,20)/t9-/m1/s1. The third-order valence-corrected chi connectivity index (χ3v) is 3.32. The smallest absolute Gasteiger partial charge is 0.387 e. The molecule has 1 aliphatic rings. The van der Waals surface area contributed by atoms with E-state index in [1.54, 1.807) is 0 Å². The fourth-order valence-corrected chi connectivity index (χ4v) is 2.26. The molecule has 10 heteroatoms. The number of β-amino-alcohol motifs (C(OH)–C–C–N with tert-alkyl or cyclic N) is 1. The van der Waals surface area contributed by atoms with Gasteiger partial charge in [-0.15, -0.1) is 0 Å². The molecule has 0 radical (unpaired) electrons. The van der Waals surface area contributed by atoms with Crippen molar-refractivity contribution in [2.45, 2.75) is 25.6 Å². The lowest BCUT2D eigenvalue weighted by atomic mass is 10.1. The van der Waals surface area contributed by atoms with Crippen molar-refractivity contribution in [3.8, 4) is 5.75 Å². The largest absolute Gasteiger partial charge is 0.433 e.